The van der Waals surface area contributed by atoms with Crippen molar-refractivity contribution in [2.45, 2.75) is 19.4 Å². The molecule has 7 heteroatoms. The Morgan fingerprint density at radius 1 is 1.44 bits per heavy atom. The number of aromatic nitrogens is 2. The average molecular weight is 244 g/mol. The molecule has 1 aromatic heterocycles. The van der Waals surface area contributed by atoms with E-state index in [2.05, 4.69) is 20.0 Å². The van der Waals surface area contributed by atoms with Gasteiger partial charge in [-0.05, 0) is 6.42 Å². The molecular formula is C9H16N4O2S. The lowest BCUT2D eigenvalue weighted by Crippen LogP contribution is -2.35. The second-order valence-corrected chi connectivity index (χ2v) is 5.29. The maximum absolute atomic E-state index is 10.9. The van der Waals surface area contributed by atoms with Crippen LogP contribution < -0.4 is 10.0 Å². The van der Waals surface area contributed by atoms with Gasteiger partial charge in [0.05, 0.1) is 12.5 Å². The second kappa shape index (κ2) is 5.76. The summed E-state index contributed by atoms with van der Waals surface area (Å²) in [5, 5.41) is 3.10. The van der Waals surface area contributed by atoms with Crippen molar-refractivity contribution >= 4 is 15.8 Å². The molecule has 0 radical (unpaired) electrons. The summed E-state index contributed by atoms with van der Waals surface area (Å²) in [6.07, 6.45) is 6.70. The summed E-state index contributed by atoms with van der Waals surface area (Å²) in [6.45, 7) is 2.31. The zero-order valence-corrected chi connectivity index (χ0v) is 10.2. The fourth-order valence-electron chi connectivity index (χ4n) is 1.13. The molecule has 0 aliphatic heterocycles. The fraction of sp³-hybridized carbons (Fsp3) is 0.556. The first kappa shape index (κ1) is 12.9. The van der Waals surface area contributed by atoms with Crippen LogP contribution in [-0.4, -0.2) is 37.2 Å². The van der Waals surface area contributed by atoms with E-state index in [1.807, 2.05) is 6.92 Å². The minimum Gasteiger partial charge on any atom is -0.365 e. The molecule has 90 valence electrons. The molecule has 0 spiro atoms. The molecule has 2 N–H and O–H groups in total. The Morgan fingerprint density at radius 2 is 2.19 bits per heavy atom. The van der Waals surface area contributed by atoms with E-state index in [-0.39, 0.29) is 6.04 Å². The van der Waals surface area contributed by atoms with E-state index in [4.69, 9.17) is 0 Å². The third-order valence-electron chi connectivity index (χ3n) is 2.00. The van der Waals surface area contributed by atoms with Gasteiger partial charge in [0, 0.05) is 25.0 Å². The summed E-state index contributed by atoms with van der Waals surface area (Å²) in [4.78, 5) is 7.98. The van der Waals surface area contributed by atoms with Crippen LogP contribution >= 0.6 is 0 Å². The summed E-state index contributed by atoms with van der Waals surface area (Å²) in [5.74, 6) is 0.643. The Labute approximate surface area is 95.6 Å². The Hall–Kier alpha value is -1.21. The first-order chi connectivity index (χ1) is 7.51. The van der Waals surface area contributed by atoms with Gasteiger partial charge in [-0.25, -0.2) is 18.1 Å². The Balaban J connectivity index is 2.50. The van der Waals surface area contributed by atoms with E-state index in [1.54, 1.807) is 18.6 Å². The molecule has 1 aromatic rings. The number of nitrogens with one attached hydrogen (secondary N) is 2. The van der Waals surface area contributed by atoms with Crippen LogP contribution in [0.15, 0.2) is 18.6 Å². The van der Waals surface area contributed by atoms with Crippen molar-refractivity contribution in [3.63, 3.8) is 0 Å². The summed E-state index contributed by atoms with van der Waals surface area (Å²) in [6, 6.07) is 0.00595. The van der Waals surface area contributed by atoms with Crippen molar-refractivity contribution < 1.29 is 8.42 Å². The van der Waals surface area contributed by atoms with Crippen molar-refractivity contribution in [2.75, 3.05) is 18.1 Å². The molecule has 0 bridgehead atoms. The summed E-state index contributed by atoms with van der Waals surface area (Å²) < 4.78 is 24.3. The van der Waals surface area contributed by atoms with E-state index in [9.17, 15) is 8.42 Å². The van der Waals surface area contributed by atoms with Gasteiger partial charge in [0.15, 0.2) is 0 Å². The molecule has 6 nitrogen and oxygen atoms in total. The quantitative estimate of drug-likeness (QED) is 0.747. The van der Waals surface area contributed by atoms with Gasteiger partial charge < -0.3 is 5.32 Å². The number of hydrogen-bond donors (Lipinski definition) is 2. The highest BCUT2D eigenvalue weighted by atomic mass is 32.2. The third-order valence-corrected chi connectivity index (χ3v) is 2.69. The minimum atomic E-state index is -3.15. The van der Waals surface area contributed by atoms with Gasteiger partial charge >= 0.3 is 0 Å². The van der Waals surface area contributed by atoms with Gasteiger partial charge in [-0.3, -0.25) is 4.98 Å². The van der Waals surface area contributed by atoms with Crippen LogP contribution in [0, 0.1) is 0 Å². The summed E-state index contributed by atoms with van der Waals surface area (Å²) >= 11 is 0. The standard InChI is InChI=1S/C9H16N4O2S/c1-3-8(6-12-16(2,14)15)13-9-7-10-4-5-11-9/h4-5,7-8,12H,3,6H2,1-2H3,(H,11,13). The van der Waals surface area contributed by atoms with Crippen molar-refractivity contribution in [2.24, 2.45) is 0 Å². The van der Waals surface area contributed by atoms with Crippen LogP contribution in [0.4, 0.5) is 5.82 Å². The Kier molecular flexibility index (Phi) is 4.63. The Bertz CT molecular complexity index is 407. The molecule has 1 rings (SSSR count). The number of rotatable bonds is 6. The maximum Gasteiger partial charge on any atom is 0.208 e. The topological polar surface area (TPSA) is 84.0 Å². The van der Waals surface area contributed by atoms with Crippen LogP contribution in [-0.2, 0) is 10.0 Å². The predicted octanol–water partition coefficient (Wildman–Crippen LogP) is 0.216. The number of sulfonamides is 1. The summed E-state index contributed by atoms with van der Waals surface area (Å²) in [7, 11) is -3.15. The highest BCUT2D eigenvalue weighted by Gasteiger charge is 2.09. The van der Waals surface area contributed by atoms with Gasteiger partial charge in [0.1, 0.15) is 5.82 Å². The molecule has 0 aliphatic carbocycles. The molecule has 1 heterocycles. The van der Waals surface area contributed by atoms with E-state index in [0.717, 1.165) is 12.7 Å². The van der Waals surface area contributed by atoms with Gasteiger partial charge in [-0.1, -0.05) is 6.92 Å². The van der Waals surface area contributed by atoms with E-state index in [0.29, 0.717) is 12.4 Å². The third kappa shape index (κ3) is 5.04. The van der Waals surface area contributed by atoms with E-state index in [1.165, 1.54) is 0 Å². The van der Waals surface area contributed by atoms with Crippen molar-refractivity contribution in [3.8, 4) is 0 Å². The zero-order chi connectivity index (χ0) is 12.0. The molecule has 16 heavy (non-hydrogen) atoms. The van der Waals surface area contributed by atoms with Gasteiger partial charge in [-0.2, -0.15) is 0 Å². The lowest BCUT2D eigenvalue weighted by molar-refractivity contribution is 0.576. The lowest BCUT2D eigenvalue weighted by atomic mass is 10.2. The van der Waals surface area contributed by atoms with Crippen molar-refractivity contribution in [1.82, 2.24) is 14.7 Å². The SMILES string of the molecule is CCC(CNS(C)(=O)=O)Nc1cnccn1. The normalized spacial score (nSPS) is 13.4. The average Bonchev–Trinajstić information content (AvgIpc) is 2.24. The molecule has 0 amide bonds. The molecule has 0 aromatic carbocycles. The highest BCUT2D eigenvalue weighted by molar-refractivity contribution is 7.88. The first-order valence-electron chi connectivity index (χ1n) is 4.98. The molecular weight excluding hydrogens is 228 g/mol. The molecule has 1 atom stereocenters. The number of hydrogen-bond acceptors (Lipinski definition) is 5. The van der Waals surface area contributed by atoms with Gasteiger partial charge in [-0.15, -0.1) is 0 Å². The zero-order valence-electron chi connectivity index (χ0n) is 9.34. The molecule has 0 saturated heterocycles. The largest absolute Gasteiger partial charge is 0.365 e. The molecule has 0 fully saturated rings. The molecule has 0 saturated carbocycles. The van der Waals surface area contributed by atoms with Crippen molar-refractivity contribution in [1.29, 1.82) is 0 Å². The number of anilines is 1. The lowest BCUT2D eigenvalue weighted by Gasteiger charge is -2.17. The maximum atomic E-state index is 10.9. The van der Waals surface area contributed by atoms with Crippen LogP contribution in [0.5, 0.6) is 0 Å². The molecule has 1 unspecified atom stereocenters. The van der Waals surface area contributed by atoms with Crippen LogP contribution in [0.2, 0.25) is 0 Å². The minimum absolute atomic E-state index is 0.00595. The van der Waals surface area contributed by atoms with Crippen LogP contribution in [0.25, 0.3) is 0 Å². The second-order valence-electron chi connectivity index (χ2n) is 3.46. The van der Waals surface area contributed by atoms with Crippen LogP contribution in [0.3, 0.4) is 0 Å². The fourth-order valence-corrected chi connectivity index (χ4v) is 1.64. The number of nitrogens with zero attached hydrogens (tertiary/aromatic N) is 2. The van der Waals surface area contributed by atoms with E-state index >= 15 is 0 Å². The smallest absolute Gasteiger partial charge is 0.208 e. The first-order valence-corrected chi connectivity index (χ1v) is 6.87. The van der Waals surface area contributed by atoms with E-state index < -0.39 is 10.0 Å². The predicted molar refractivity (Wildman–Crippen MR) is 62.6 cm³/mol. The highest BCUT2D eigenvalue weighted by Crippen LogP contribution is 2.02. The summed E-state index contributed by atoms with van der Waals surface area (Å²) in [5.41, 5.74) is 0. The molecule has 0 aliphatic rings. The van der Waals surface area contributed by atoms with Gasteiger partial charge in [0.2, 0.25) is 10.0 Å². The Morgan fingerprint density at radius 3 is 2.69 bits per heavy atom. The van der Waals surface area contributed by atoms with Gasteiger partial charge in [0.25, 0.3) is 0 Å². The monoisotopic (exact) mass is 244 g/mol. The van der Waals surface area contributed by atoms with Crippen LogP contribution in [0.1, 0.15) is 13.3 Å². The van der Waals surface area contributed by atoms with Crippen molar-refractivity contribution in [3.05, 3.63) is 18.6 Å².